The molecule has 0 saturated carbocycles. The van der Waals surface area contributed by atoms with E-state index in [1.807, 2.05) is 0 Å². The third kappa shape index (κ3) is 2.09. The summed E-state index contributed by atoms with van der Waals surface area (Å²) < 4.78 is 0. The van der Waals surface area contributed by atoms with E-state index < -0.39 is 0 Å². The Balaban J connectivity index is 3.11. The van der Waals surface area contributed by atoms with E-state index in [2.05, 4.69) is 16.5 Å². The second-order valence-corrected chi connectivity index (χ2v) is 3.12. The number of hydrogen-bond donors (Lipinski definition) is 0. The van der Waals surface area contributed by atoms with Crippen molar-refractivity contribution in [3.63, 3.8) is 0 Å². The van der Waals surface area contributed by atoms with Crippen molar-refractivity contribution in [3.8, 4) is 0 Å². The van der Waals surface area contributed by atoms with Crippen LogP contribution in [0.25, 0.3) is 0 Å². The molecule has 5 heteroatoms. The van der Waals surface area contributed by atoms with Crippen molar-refractivity contribution in [2.75, 3.05) is 0 Å². The van der Waals surface area contributed by atoms with E-state index in [1.54, 1.807) is 6.08 Å². The Bertz CT molecular complexity index is 289. The number of hydrogen-bond acceptors (Lipinski definition) is 2. The van der Waals surface area contributed by atoms with Gasteiger partial charge in [0.05, 0.1) is 0 Å². The second-order valence-electron chi connectivity index (χ2n) is 2.03. The summed E-state index contributed by atoms with van der Waals surface area (Å²) in [6.07, 6.45) is 2.19. The smallest absolute Gasteiger partial charge is 0.152 e. The monoisotopic (exact) mass is 222 g/mol. The number of allylic oxidation sites excluding steroid dienone is 1. The summed E-state index contributed by atoms with van der Waals surface area (Å²) in [5.74, 6) is 0.518. The van der Waals surface area contributed by atoms with Crippen LogP contribution in [0, 0.1) is 0 Å². The van der Waals surface area contributed by atoms with E-state index in [4.69, 9.17) is 34.8 Å². The van der Waals surface area contributed by atoms with Gasteiger partial charge in [0.25, 0.3) is 0 Å². The lowest BCUT2D eigenvalue weighted by molar-refractivity contribution is 0.991. The number of aromatic nitrogens is 2. The minimum absolute atomic E-state index is 0.175. The largest absolute Gasteiger partial charge is 0.219 e. The molecule has 12 heavy (non-hydrogen) atoms. The summed E-state index contributed by atoms with van der Waals surface area (Å²) in [6.45, 7) is 3.54. The third-order valence-electron chi connectivity index (χ3n) is 1.14. The van der Waals surface area contributed by atoms with Gasteiger partial charge < -0.3 is 0 Å². The zero-order valence-electron chi connectivity index (χ0n) is 6.02. The van der Waals surface area contributed by atoms with Gasteiger partial charge in [-0.05, 0) is 0 Å². The SMILES string of the molecule is C=CCc1nc(Cl)c(Cl)c(Cl)n1. The van der Waals surface area contributed by atoms with Crippen molar-refractivity contribution in [1.82, 2.24) is 9.97 Å². The Kier molecular flexibility index (Phi) is 3.32. The zero-order chi connectivity index (χ0) is 9.14. The van der Waals surface area contributed by atoms with Gasteiger partial charge in [0.1, 0.15) is 10.8 Å². The molecular weight excluding hydrogens is 218 g/mol. The first-order valence-electron chi connectivity index (χ1n) is 3.13. The van der Waals surface area contributed by atoms with Crippen LogP contribution < -0.4 is 0 Å². The molecule has 64 valence electrons. The van der Waals surface area contributed by atoms with E-state index in [0.717, 1.165) is 0 Å². The van der Waals surface area contributed by atoms with Gasteiger partial charge in [-0.15, -0.1) is 6.58 Å². The molecule has 0 amide bonds. The summed E-state index contributed by atoms with van der Waals surface area (Å²) in [5, 5.41) is 0.535. The maximum Gasteiger partial charge on any atom is 0.152 e. The Morgan fingerprint density at radius 1 is 1.17 bits per heavy atom. The molecule has 0 saturated heterocycles. The molecule has 0 fully saturated rings. The van der Waals surface area contributed by atoms with Crippen molar-refractivity contribution in [3.05, 3.63) is 33.8 Å². The van der Waals surface area contributed by atoms with Gasteiger partial charge in [-0.1, -0.05) is 40.9 Å². The van der Waals surface area contributed by atoms with E-state index in [9.17, 15) is 0 Å². The van der Waals surface area contributed by atoms with Gasteiger partial charge in [0.2, 0.25) is 0 Å². The van der Waals surface area contributed by atoms with Crippen LogP contribution in [0.4, 0.5) is 0 Å². The van der Waals surface area contributed by atoms with Crippen molar-refractivity contribution in [2.45, 2.75) is 6.42 Å². The van der Waals surface area contributed by atoms with E-state index in [1.165, 1.54) is 0 Å². The van der Waals surface area contributed by atoms with Crippen LogP contribution in [-0.4, -0.2) is 9.97 Å². The fourth-order valence-corrected chi connectivity index (χ4v) is 1.16. The molecule has 0 radical (unpaired) electrons. The summed E-state index contributed by atoms with van der Waals surface area (Å²) in [6, 6.07) is 0. The lowest BCUT2D eigenvalue weighted by atomic mass is 10.4. The number of rotatable bonds is 2. The third-order valence-corrected chi connectivity index (χ3v) is 2.24. The Hall–Kier alpha value is -0.310. The van der Waals surface area contributed by atoms with Crippen molar-refractivity contribution in [1.29, 1.82) is 0 Å². The quantitative estimate of drug-likeness (QED) is 0.568. The lowest BCUT2D eigenvalue weighted by Gasteiger charge is -1.99. The van der Waals surface area contributed by atoms with Crippen LogP contribution >= 0.6 is 34.8 Å². The van der Waals surface area contributed by atoms with Gasteiger partial charge in [-0.2, -0.15) is 0 Å². The fourth-order valence-electron chi connectivity index (χ4n) is 0.655. The van der Waals surface area contributed by atoms with Crippen LogP contribution in [0.2, 0.25) is 15.3 Å². The van der Waals surface area contributed by atoms with Gasteiger partial charge in [0.15, 0.2) is 10.3 Å². The molecule has 1 rings (SSSR count). The van der Waals surface area contributed by atoms with E-state index >= 15 is 0 Å². The molecule has 0 aliphatic carbocycles. The highest BCUT2D eigenvalue weighted by atomic mass is 35.5. The standard InChI is InChI=1S/C7H5Cl3N2/c1-2-3-4-11-6(9)5(8)7(10)12-4/h2H,1,3H2. The molecule has 1 aromatic rings. The summed E-state index contributed by atoms with van der Waals surface area (Å²) in [4.78, 5) is 7.78. The van der Waals surface area contributed by atoms with Crippen LogP contribution in [0.1, 0.15) is 5.82 Å². The first kappa shape index (κ1) is 9.78. The second kappa shape index (κ2) is 4.08. The first-order valence-corrected chi connectivity index (χ1v) is 4.27. The Labute approximate surface area is 85.2 Å². The number of nitrogens with zero attached hydrogens (tertiary/aromatic N) is 2. The van der Waals surface area contributed by atoms with Crippen LogP contribution in [0.3, 0.4) is 0 Å². The molecular formula is C7H5Cl3N2. The van der Waals surface area contributed by atoms with E-state index in [0.29, 0.717) is 12.2 Å². The van der Waals surface area contributed by atoms with Crippen molar-refractivity contribution >= 4 is 34.8 Å². The highest BCUT2D eigenvalue weighted by molar-refractivity contribution is 6.46. The molecule has 2 nitrogen and oxygen atoms in total. The predicted octanol–water partition coefficient (Wildman–Crippen LogP) is 3.17. The Morgan fingerprint density at radius 3 is 2.08 bits per heavy atom. The molecule has 0 aliphatic rings. The zero-order valence-corrected chi connectivity index (χ0v) is 8.29. The molecule has 0 bridgehead atoms. The first-order chi connectivity index (χ1) is 5.65. The lowest BCUT2D eigenvalue weighted by Crippen LogP contribution is -1.94. The molecule has 0 N–H and O–H groups in total. The summed E-state index contributed by atoms with van der Waals surface area (Å²) >= 11 is 16.9. The molecule has 1 heterocycles. The van der Waals surface area contributed by atoms with Gasteiger partial charge in [-0.3, -0.25) is 0 Å². The topological polar surface area (TPSA) is 25.8 Å². The predicted molar refractivity (Wildman–Crippen MR) is 51.0 cm³/mol. The van der Waals surface area contributed by atoms with Crippen molar-refractivity contribution in [2.24, 2.45) is 0 Å². The van der Waals surface area contributed by atoms with Gasteiger partial charge in [-0.25, -0.2) is 9.97 Å². The molecule has 0 unspecified atom stereocenters. The average Bonchev–Trinajstić information content (AvgIpc) is 2.01. The van der Waals surface area contributed by atoms with Crippen molar-refractivity contribution < 1.29 is 0 Å². The Morgan fingerprint density at radius 2 is 1.67 bits per heavy atom. The van der Waals surface area contributed by atoms with Crippen LogP contribution in [0.5, 0.6) is 0 Å². The summed E-state index contributed by atoms with van der Waals surface area (Å²) in [5.41, 5.74) is 0. The fraction of sp³-hybridized carbons (Fsp3) is 0.143. The normalized spacial score (nSPS) is 9.92. The molecule has 1 aromatic heterocycles. The molecule has 0 aliphatic heterocycles. The minimum Gasteiger partial charge on any atom is -0.219 e. The molecule has 0 spiro atoms. The minimum atomic E-state index is 0.175. The highest BCUT2D eigenvalue weighted by Gasteiger charge is 2.07. The van der Waals surface area contributed by atoms with E-state index in [-0.39, 0.29) is 15.3 Å². The van der Waals surface area contributed by atoms with Gasteiger partial charge in [0, 0.05) is 6.42 Å². The van der Waals surface area contributed by atoms with Crippen LogP contribution in [0.15, 0.2) is 12.7 Å². The summed E-state index contributed by atoms with van der Waals surface area (Å²) in [7, 11) is 0. The molecule has 0 aromatic carbocycles. The maximum absolute atomic E-state index is 5.65. The van der Waals surface area contributed by atoms with Gasteiger partial charge >= 0.3 is 0 Å². The molecule has 0 atom stereocenters. The number of halogens is 3. The van der Waals surface area contributed by atoms with Crippen LogP contribution in [-0.2, 0) is 6.42 Å². The maximum atomic E-state index is 5.65. The average molecular weight is 223 g/mol. The highest BCUT2D eigenvalue weighted by Crippen LogP contribution is 2.26.